The fourth-order valence-electron chi connectivity index (χ4n) is 13.6. The molecule has 8 aromatic carbocycles. The Morgan fingerprint density at radius 3 is 0.992 bits per heavy atom. The molecule has 0 bridgehead atoms. The van der Waals surface area contributed by atoms with Gasteiger partial charge in [-0.3, -0.25) is 69.2 Å². The Morgan fingerprint density at radius 2 is 0.664 bits per heavy atom. The summed E-state index contributed by atoms with van der Waals surface area (Å²) >= 11 is 0. The van der Waals surface area contributed by atoms with Gasteiger partial charge in [0.15, 0.2) is 22.8 Å². The van der Waals surface area contributed by atoms with E-state index in [1.54, 1.807) is 87.4 Å². The molecule has 1 aliphatic heterocycles. The zero-order valence-corrected chi connectivity index (χ0v) is 66.5. The van der Waals surface area contributed by atoms with Crippen molar-refractivity contribution < 1.29 is 49.2 Å². The topological polar surface area (TPSA) is 432 Å². The lowest BCUT2D eigenvalue weighted by atomic mass is 10.0. The molecular formula is C91H83N21O10. The molecule has 0 atom stereocenters. The lowest BCUT2D eigenvalue weighted by molar-refractivity contribution is -0.117. The van der Waals surface area contributed by atoms with Crippen molar-refractivity contribution in [3.63, 3.8) is 0 Å². The molecule has 612 valence electrons. The Balaban J connectivity index is 0.000000126. The predicted molar refractivity (Wildman–Crippen MR) is 468 cm³/mol. The molecule has 16 aromatic rings. The number of aromatic amines is 4. The summed E-state index contributed by atoms with van der Waals surface area (Å²) in [7, 11) is 7.35. The fourth-order valence-corrected chi connectivity index (χ4v) is 13.6. The van der Waals surface area contributed by atoms with Crippen molar-refractivity contribution in [2.75, 3.05) is 73.2 Å². The van der Waals surface area contributed by atoms with Gasteiger partial charge < -0.3 is 62.1 Å². The minimum absolute atomic E-state index is 0.0254. The van der Waals surface area contributed by atoms with Crippen molar-refractivity contribution in [2.24, 2.45) is 5.92 Å². The lowest BCUT2D eigenvalue weighted by Crippen LogP contribution is -2.27. The van der Waals surface area contributed by atoms with E-state index in [0.29, 0.717) is 61.8 Å². The maximum atomic E-state index is 12.8. The first kappa shape index (κ1) is 81.1. The largest absolute Gasteiger partial charge is 0.508 e. The molecule has 2 fully saturated rings. The smallest absolute Gasteiger partial charge is 0.321 e. The number of phenols is 4. The van der Waals surface area contributed by atoms with Gasteiger partial charge in [0.1, 0.15) is 23.0 Å². The van der Waals surface area contributed by atoms with Gasteiger partial charge in [-0.25, -0.2) is 4.79 Å². The Morgan fingerprint density at radius 1 is 0.352 bits per heavy atom. The summed E-state index contributed by atoms with van der Waals surface area (Å²) in [5, 5.41) is 85.5. The van der Waals surface area contributed by atoms with E-state index < -0.39 is 0 Å². The van der Waals surface area contributed by atoms with Crippen LogP contribution in [0.5, 0.6) is 23.0 Å². The second-order valence-corrected chi connectivity index (χ2v) is 29.7. The molecule has 0 spiro atoms. The monoisotopic (exact) mass is 1630 g/mol. The van der Waals surface area contributed by atoms with Crippen LogP contribution >= 0.6 is 0 Å². The number of aromatic hydroxyl groups is 4. The Hall–Kier alpha value is -16.0. The van der Waals surface area contributed by atoms with Gasteiger partial charge in [-0.2, -0.15) is 20.4 Å². The highest BCUT2D eigenvalue weighted by atomic mass is 16.3. The molecule has 1 saturated carbocycles. The van der Waals surface area contributed by atoms with Crippen LogP contribution in [0.15, 0.2) is 244 Å². The molecule has 9 heterocycles. The van der Waals surface area contributed by atoms with Crippen molar-refractivity contribution in [1.29, 1.82) is 0 Å². The summed E-state index contributed by atoms with van der Waals surface area (Å²) in [6.45, 7) is 4.00. The van der Waals surface area contributed by atoms with E-state index in [4.69, 9.17) is 0 Å². The molecular weight excluding hydrogens is 1550 g/mol. The summed E-state index contributed by atoms with van der Waals surface area (Å²) in [6, 6.07) is 55.7. The zero-order valence-electron chi connectivity index (χ0n) is 66.5. The van der Waals surface area contributed by atoms with Crippen molar-refractivity contribution >= 4 is 113 Å². The first-order valence-corrected chi connectivity index (χ1v) is 38.9. The van der Waals surface area contributed by atoms with Crippen LogP contribution in [0.2, 0.25) is 0 Å². The molecule has 1 saturated heterocycles. The number of benzene rings is 8. The summed E-state index contributed by atoms with van der Waals surface area (Å²) in [5.74, 6) is -0.706. The van der Waals surface area contributed by atoms with Gasteiger partial charge >= 0.3 is 6.03 Å². The first-order valence-electron chi connectivity index (χ1n) is 38.9. The van der Waals surface area contributed by atoms with Crippen molar-refractivity contribution in [1.82, 2.24) is 75.4 Å². The second-order valence-electron chi connectivity index (χ2n) is 29.7. The minimum Gasteiger partial charge on any atom is -0.508 e. The highest BCUT2D eigenvalue weighted by molar-refractivity contribution is 6.15. The number of amides is 7. The summed E-state index contributed by atoms with van der Waals surface area (Å²) in [5.41, 5.74) is 17.2. The molecule has 14 N–H and O–H groups in total. The number of nitrogens with zero attached hydrogens (tertiary/aromatic N) is 11. The van der Waals surface area contributed by atoms with Crippen LogP contribution in [0.3, 0.4) is 0 Å². The van der Waals surface area contributed by atoms with Crippen LogP contribution in [0.1, 0.15) is 78.8 Å². The number of likely N-dealkylation sites (tertiary alicyclic amines) is 1. The predicted octanol–water partition coefficient (Wildman–Crippen LogP) is 15.4. The number of hydrogen-bond donors (Lipinski definition) is 14. The number of aromatic nitrogens is 12. The number of carbonyl (C=O) groups is 6. The summed E-state index contributed by atoms with van der Waals surface area (Å²) in [6.07, 6.45) is 18.4. The molecule has 2 aliphatic rings. The van der Waals surface area contributed by atoms with Crippen LogP contribution in [-0.2, 0) is 17.9 Å². The molecule has 31 nitrogen and oxygen atoms in total. The third-order valence-corrected chi connectivity index (χ3v) is 20.0. The molecule has 122 heavy (non-hydrogen) atoms. The minimum atomic E-state index is -0.376. The van der Waals surface area contributed by atoms with Gasteiger partial charge in [0.25, 0.3) is 23.6 Å². The number of pyridine rings is 4. The van der Waals surface area contributed by atoms with E-state index in [1.165, 1.54) is 71.8 Å². The van der Waals surface area contributed by atoms with Crippen LogP contribution in [0.4, 0.5) is 38.9 Å². The molecule has 31 heteroatoms. The first-order chi connectivity index (χ1) is 59.1. The molecule has 0 unspecified atom stereocenters. The van der Waals surface area contributed by atoms with Gasteiger partial charge in [0.2, 0.25) is 5.91 Å². The Kier molecular flexibility index (Phi) is 24.4. The maximum Gasteiger partial charge on any atom is 0.321 e. The average molecular weight is 1630 g/mol. The number of carbonyl (C=O) groups excluding carboxylic acids is 6. The van der Waals surface area contributed by atoms with Crippen molar-refractivity contribution in [2.45, 2.75) is 38.8 Å². The van der Waals surface area contributed by atoms with Gasteiger partial charge in [0.05, 0.1) is 45.8 Å². The number of nitrogens with one attached hydrogen (secondary N) is 10. The van der Waals surface area contributed by atoms with Crippen LogP contribution in [-0.4, -0.2) is 173 Å². The Labute approximate surface area is 697 Å². The SMILES string of the molecule is CN(C)C(=O)Nc1cncc(-c2ccc3[nH]nc(C(=O)Nc4ccc(O)cc4)c3c2)c1.CN(C)Cc1cncc(-c2ccc3[nH]nc(C(=O)Nc4ccc(O)cc4)c3c2)c1.O=C(Nc1ccc(O)cc1)c1n[nH]c2ccc(-c3cncc(CN4CCCC4)c3)cc12.O=C(Nc1ccc(O)cc1)c1n[nH]c2ccc(-c3cncc(NC(=O)C4CC4)c3)cc12. The third-order valence-electron chi connectivity index (χ3n) is 20.0. The van der Waals surface area contributed by atoms with E-state index in [-0.39, 0.29) is 75.9 Å². The number of H-pyrrole nitrogens is 4. The molecule has 0 radical (unpaired) electrons. The van der Waals surface area contributed by atoms with Crippen LogP contribution in [0, 0.1) is 5.92 Å². The van der Waals surface area contributed by atoms with E-state index in [1.807, 2.05) is 124 Å². The lowest BCUT2D eigenvalue weighted by Gasteiger charge is -2.14. The summed E-state index contributed by atoms with van der Waals surface area (Å²) < 4.78 is 0. The maximum absolute atomic E-state index is 12.8. The number of fused-ring (bicyclic) bond motifs is 4. The van der Waals surface area contributed by atoms with E-state index >= 15 is 0 Å². The van der Waals surface area contributed by atoms with Gasteiger partial charge in [-0.1, -0.05) is 24.3 Å². The standard InChI is InChI=1S/C24H23N5O2.C23H19N5O3.C22H20N6O3.C22H21N5O2/c30-20-6-4-19(5-7-20)26-24(31)23-21-12-17(3-8-22(21)27-28-23)18-11-16(13-25-14-18)15-29-9-1-2-10-29;29-18-6-4-16(5-7-18)25-23(31)21-19-10-14(3-8-20(19)27-28-21)15-9-17(12-24-11-15)26-22(30)13-1-2-13;1-28(2)22(31)25-16-9-14(11-23-12-16)13-3-8-19-18(10-13)20(27-26-19)21(30)24-15-4-6-17(29)7-5-15;1-27(2)13-14-9-16(12-23-11-14)15-3-8-20-19(10-15)21(26-25-20)22(29)24-17-4-6-18(28)7-5-17/h3-8,11-14,30H,1-2,9-10,15H2,(H,26,31)(H,27,28);3-13,29H,1-2H2,(H,25,31)(H,26,30)(H,27,28);3-12,29H,1-2H3,(H,24,30)(H,25,31)(H,26,27);3-12,28H,13H2,1-2H3,(H,24,29)(H,25,26). The zero-order chi connectivity index (χ0) is 84.9. The molecule has 8 aromatic heterocycles. The second kappa shape index (κ2) is 36.7. The van der Waals surface area contributed by atoms with Gasteiger partial charge in [0, 0.05) is 137 Å². The van der Waals surface area contributed by atoms with Crippen molar-refractivity contribution in [3.05, 3.63) is 278 Å². The fraction of sp³-hybridized carbons (Fsp3) is 0.143. The average Bonchev–Trinajstić information content (AvgIpc) is 1.64. The van der Waals surface area contributed by atoms with E-state index in [2.05, 4.69) is 115 Å². The summed E-state index contributed by atoms with van der Waals surface area (Å²) in [4.78, 5) is 98.2. The van der Waals surface area contributed by atoms with Gasteiger partial charge in [-0.05, 0) is 256 Å². The number of phenolic OH excluding ortho intramolecular Hbond substituents is 4. The van der Waals surface area contributed by atoms with Crippen molar-refractivity contribution in [3.8, 4) is 67.5 Å². The molecule has 1 aliphatic carbocycles. The van der Waals surface area contributed by atoms with E-state index in [9.17, 15) is 49.2 Å². The quantitative estimate of drug-likeness (QED) is 0.0334. The number of anilines is 6. The highest BCUT2D eigenvalue weighted by Crippen LogP contribution is 2.35. The molecule has 7 amide bonds. The van der Waals surface area contributed by atoms with E-state index in [0.717, 1.165) is 116 Å². The molecule has 18 rings (SSSR count). The van der Waals surface area contributed by atoms with Crippen LogP contribution < -0.4 is 31.9 Å². The Bertz CT molecular complexity index is 6320. The number of rotatable bonds is 19. The number of hydrogen-bond acceptors (Lipinski definition) is 20. The van der Waals surface area contributed by atoms with Gasteiger partial charge in [-0.15, -0.1) is 0 Å². The third kappa shape index (κ3) is 20.1. The number of urea groups is 1. The highest BCUT2D eigenvalue weighted by Gasteiger charge is 2.30. The van der Waals surface area contributed by atoms with Crippen LogP contribution in [0.25, 0.3) is 88.1 Å². The normalized spacial score (nSPS) is 12.3.